The summed E-state index contributed by atoms with van der Waals surface area (Å²) in [6, 6.07) is 8.43. The van der Waals surface area contributed by atoms with Crippen LogP contribution in [0.1, 0.15) is 23.4 Å². The summed E-state index contributed by atoms with van der Waals surface area (Å²) in [4.78, 5) is 1.28. The van der Waals surface area contributed by atoms with Gasteiger partial charge in [-0.25, -0.2) is 8.42 Å². The zero-order valence-corrected chi connectivity index (χ0v) is 13.1. The number of rotatable bonds is 3. The van der Waals surface area contributed by atoms with E-state index < -0.39 is 9.84 Å². The van der Waals surface area contributed by atoms with E-state index in [1.54, 1.807) is 17.4 Å². The number of fused-ring (bicyclic) bond motifs is 1. The quantitative estimate of drug-likeness (QED) is 0.947. The third-order valence-corrected chi connectivity index (χ3v) is 6.52. The first kappa shape index (κ1) is 13.8. The van der Waals surface area contributed by atoms with Crippen molar-refractivity contribution in [3.05, 3.63) is 46.2 Å². The molecule has 2 unspecified atom stereocenters. The second kappa shape index (κ2) is 4.98. The van der Waals surface area contributed by atoms with Gasteiger partial charge in [-0.05, 0) is 30.9 Å². The van der Waals surface area contributed by atoms with Gasteiger partial charge in [-0.3, -0.25) is 0 Å². The van der Waals surface area contributed by atoms with Crippen molar-refractivity contribution in [3.8, 4) is 0 Å². The van der Waals surface area contributed by atoms with Crippen molar-refractivity contribution in [2.24, 2.45) is 0 Å². The predicted octanol–water partition coefficient (Wildman–Crippen LogP) is 3.17. The number of aryl methyl sites for hydroxylation is 1. The minimum absolute atomic E-state index is 0.0837. The molecular formula is C15H17NO2S2. The highest BCUT2D eigenvalue weighted by Gasteiger charge is 2.24. The number of hydrogen-bond donors (Lipinski definition) is 1. The van der Waals surface area contributed by atoms with Crippen molar-refractivity contribution in [1.82, 2.24) is 5.32 Å². The molecule has 20 heavy (non-hydrogen) atoms. The fraction of sp³-hybridized carbons (Fsp3) is 0.333. The lowest BCUT2D eigenvalue weighted by molar-refractivity contribution is 0.540. The first-order chi connectivity index (χ1) is 9.46. The highest BCUT2D eigenvalue weighted by atomic mass is 32.2. The third-order valence-electron chi connectivity index (χ3n) is 3.67. The van der Waals surface area contributed by atoms with Gasteiger partial charge in [-0.15, -0.1) is 11.3 Å². The molecule has 2 heterocycles. The predicted molar refractivity (Wildman–Crippen MR) is 84.8 cm³/mol. The standard InChI is InChI=1S/C15H17NO2S2/c1-10-13-5-3-4-6-14(13)19-15(10)11(2)16-12-7-8-20(17,18)9-12/h3-8,11-12,16H,9H2,1-2H3. The Morgan fingerprint density at radius 3 is 2.75 bits per heavy atom. The monoisotopic (exact) mass is 307 g/mol. The van der Waals surface area contributed by atoms with E-state index in [2.05, 4.69) is 37.4 Å². The molecular weight excluding hydrogens is 290 g/mol. The number of benzene rings is 1. The van der Waals surface area contributed by atoms with Gasteiger partial charge in [0.2, 0.25) is 0 Å². The number of sulfone groups is 1. The normalized spacial score (nSPS) is 22.4. The maximum Gasteiger partial charge on any atom is 0.173 e. The van der Waals surface area contributed by atoms with Gasteiger partial charge >= 0.3 is 0 Å². The van der Waals surface area contributed by atoms with Gasteiger partial charge in [0.25, 0.3) is 0 Å². The van der Waals surface area contributed by atoms with E-state index in [0.717, 1.165) is 0 Å². The average Bonchev–Trinajstić information content (AvgIpc) is 2.91. The van der Waals surface area contributed by atoms with Crippen molar-refractivity contribution in [2.75, 3.05) is 5.75 Å². The van der Waals surface area contributed by atoms with Crippen molar-refractivity contribution in [3.63, 3.8) is 0 Å². The summed E-state index contributed by atoms with van der Waals surface area (Å²) >= 11 is 1.78. The minimum Gasteiger partial charge on any atom is -0.302 e. The van der Waals surface area contributed by atoms with E-state index in [1.807, 2.05) is 6.07 Å². The maximum atomic E-state index is 11.4. The van der Waals surface area contributed by atoms with Crippen LogP contribution >= 0.6 is 11.3 Å². The Balaban J connectivity index is 1.84. The zero-order chi connectivity index (χ0) is 14.3. The van der Waals surface area contributed by atoms with Gasteiger partial charge in [0.05, 0.1) is 5.75 Å². The van der Waals surface area contributed by atoms with Crippen LogP contribution in [-0.4, -0.2) is 20.2 Å². The fourth-order valence-electron chi connectivity index (χ4n) is 2.68. The summed E-state index contributed by atoms with van der Waals surface area (Å²) in [6.07, 6.45) is 1.74. The average molecular weight is 307 g/mol. The van der Waals surface area contributed by atoms with Crippen LogP contribution in [0.15, 0.2) is 35.7 Å². The third kappa shape index (κ3) is 2.53. The molecule has 3 rings (SSSR count). The molecule has 0 spiro atoms. The van der Waals surface area contributed by atoms with Gasteiger partial charge < -0.3 is 5.32 Å². The molecule has 0 saturated carbocycles. The van der Waals surface area contributed by atoms with Gasteiger partial charge in [0.15, 0.2) is 9.84 Å². The van der Waals surface area contributed by atoms with E-state index in [-0.39, 0.29) is 17.8 Å². The highest BCUT2D eigenvalue weighted by Crippen LogP contribution is 2.34. The summed E-state index contributed by atoms with van der Waals surface area (Å²) in [5, 5.41) is 6.00. The lowest BCUT2D eigenvalue weighted by atomic mass is 10.1. The summed E-state index contributed by atoms with van der Waals surface area (Å²) in [6.45, 7) is 4.23. The van der Waals surface area contributed by atoms with Crippen LogP contribution in [0.4, 0.5) is 0 Å². The molecule has 2 atom stereocenters. The summed E-state index contributed by atoms with van der Waals surface area (Å²) in [5.74, 6) is 0.168. The second-order valence-electron chi connectivity index (χ2n) is 5.24. The highest BCUT2D eigenvalue weighted by molar-refractivity contribution is 7.94. The van der Waals surface area contributed by atoms with E-state index in [0.29, 0.717) is 0 Å². The lowest BCUT2D eigenvalue weighted by Gasteiger charge is -2.17. The molecule has 1 aromatic carbocycles. The molecule has 106 valence electrons. The number of hydrogen-bond acceptors (Lipinski definition) is 4. The summed E-state index contributed by atoms with van der Waals surface area (Å²) in [7, 11) is -3.00. The van der Waals surface area contributed by atoms with E-state index in [4.69, 9.17) is 0 Å². The van der Waals surface area contributed by atoms with Crippen LogP contribution in [0.3, 0.4) is 0 Å². The molecule has 0 radical (unpaired) electrons. The molecule has 1 aromatic heterocycles. The Hall–Kier alpha value is -1.17. The van der Waals surface area contributed by atoms with E-state index in [9.17, 15) is 8.42 Å². The van der Waals surface area contributed by atoms with Gasteiger partial charge in [0.1, 0.15) is 0 Å². The SMILES string of the molecule is Cc1c(C(C)NC2C=CS(=O)(=O)C2)sc2ccccc12. The Labute approximate surface area is 123 Å². The minimum atomic E-state index is -3.00. The van der Waals surface area contributed by atoms with E-state index in [1.165, 1.54) is 25.9 Å². The molecule has 2 aromatic rings. The fourth-order valence-corrected chi connectivity index (χ4v) is 5.15. The molecule has 1 aliphatic rings. The van der Waals surface area contributed by atoms with Crippen molar-refractivity contribution in [1.29, 1.82) is 0 Å². The first-order valence-corrected chi connectivity index (χ1v) is 9.14. The molecule has 0 amide bonds. The second-order valence-corrected chi connectivity index (χ2v) is 8.26. The van der Waals surface area contributed by atoms with Crippen LogP contribution in [-0.2, 0) is 9.84 Å². The topological polar surface area (TPSA) is 46.2 Å². The molecule has 1 N–H and O–H groups in total. The molecule has 0 fully saturated rings. The maximum absolute atomic E-state index is 11.4. The van der Waals surface area contributed by atoms with Gasteiger partial charge in [-0.2, -0.15) is 0 Å². The van der Waals surface area contributed by atoms with Crippen molar-refractivity contribution in [2.45, 2.75) is 25.9 Å². The number of thiophene rings is 1. The Morgan fingerprint density at radius 2 is 2.10 bits per heavy atom. The van der Waals surface area contributed by atoms with Crippen LogP contribution in [0, 0.1) is 6.92 Å². The largest absolute Gasteiger partial charge is 0.302 e. The van der Waals surface area contributed by atoms with E-state index >= 15 is 0 Å². The van der Waals surface area contributed by atoms with Gasteiger partial charge in [0, 0.05) is 27.1 Å². The van der Waals surface area contributed by atoms with Crippen LogP contribution in [0.2, 0.25) is 0 Å². The lowest BCUT2D eigenvalue weighted by Crippen LogP contribution is -2.32. The molecule has 0 bridgehead atoms. The Kier molecular flexibility index (Phi) is 3.44. The summed E-state index contributed by atoms with van der Waals surface area (Å²) in [5.41, 5.74) is 1.29. The van der Waals surface area contributed by atoms with Gasteiger partial charge in [-0.1, -0.05) is 24.3 Å². The molecule has 0 aliphatic carbocycles. The van der Waals surface area contributed by atoms with Crippen LogP contribution in [0.5, 0.6) is 0 Å². The van der Waals surface area contributed by atoms with Crippen LogP contribution in [0.25, 0.3) is 10.1 Å². The molecule has 5 heteroatoms. The molecule has 3 nitrogen and oxygen atoms in total. The Bertz CT molecular complexity index is 774. The first-order valence-electron chi connectivity index (χ1n) is 6.61. The van der Waals surface area contributed by atoms with Crippen molar-refractivity contribution >= 4 is 31.3 Å². The molecule has 1 aliphatic heterocycles. The summed E-state index contributed by atoms with van der Waals surface area (Å²) < 4.78 is 24.2. The Morgan fingerprint density at radius 1 is 1.35 bits per heavy atom. The van der Waals surface area contributed by atoms with Crippen LogP contribution < -0.4 is 5.32 Å². The molecule has 0 saturated heterocycles. The smallest absolute Gasteiger partial charge is 0.173 e. The van der Waals surface area contributed by atoms with Crippen molar-refractivity contribution < 1.29 is 8.42 Å². The number of nitrogens with one attached hydrogen (secondary N) is 1. The zero-order valence-electron chi connectivity index (χ0n) is 11.5.